The first-order valence-corrected chi connectivity index (χ1v) is 7.71. The summed E-state index contributed by atoms with van der Waals surface area (Å²) in [6.07, 6.45) is 3.86. The maximum atomic E-state index is 6.16. The first-order chi connectivity index (χ1) is 9.74. The van der Waals surface area contributed by atoms with Crippen LogP contribution in [0.4, 0.5) is 0 Å². The van der Waals surface area contributed by atoms with E-state index in [-0.39, 0.29) is 6.04 Å². The van der Waals surface area contributed by atoms with Gasteiger partial charge in [0, 0.05) is 18.6 Å². The lowest BCUT2D eigenvalue weighted by atomic mass is 9.96. The zero-order valence-electron chi connectivity index (χ0n) is 12.3. The molecule has 1 heterocycles. The minimum atomic E-state index is 0.260. The Morgan fingerprint density at radius 1 is 1.15 bits per heavy atom. The predicted molar refractivity (Wildman–Crippen MR) is 85.6 cm³/mol. The normalized spacial score (nSPS) is 22.0. The molecule has 2 aromatic rings. The summed E-state index contributed by atoms with van der Waals surface area (Å²) in [5.41, 5.74) is 7.56. The Kier molecular flexibility index (Phi) is 4.04. The average molecular weight is 268 g/mol. The molecule has 0 spiro atoms. The molecule has 2 heteroatoms. The van der Waals surface area contributed by atoms with Crippen LogP contribution < -0.4 is 5.73 Å². The van der Waals surface area contributed by atoms with E-state index in [2.05, 4.69) is 54.3 Å². The van der Waals surface area contributed by atoms with Crippen LogP contribution in [0.2, 0.25) is 0 Å². The molecule has 1 saturated heterocycles. The van der Waals surface area contributed by atoms with Gasteiger partial charge < -0.3 is 5.73 Å². The van der Waals surface area contributed by atoms with E-state index in [1.165, 1.54) is 42.1 Å². The molecule has 0 radical (unpaired) electrons. The Labute approximate surface area is 121 Å². The van der Waals surface area contributed by atoms with Gasteiger partial charge in [-0.1, -0.05) is 42.8 Å². The van der Waals surface area contributed by atoms with Gasteiger partial charge in [-0.3, -0.25) is 4.90 Å². The second kappa shape index (κ2) is 5.94. The number of benzene rings is 2. The molecule has 20 heavy (non-hydrogen) atoms. The lowest BCUT2D eigenvalue weighted by Crippen LogP contribution is -2.48. The molecule has 2 unspecified atom stereocenters. The summed E-state index contributed by atoms with van der Waals surface area (Å²) in [6.45, 7) is 4.35. The molecule has 0 saturated carbocycles. The van der Waals surface area contributed by atoms with E-state index < -0.39 is 0 Å². The van der Waals surface area contributed by atoms with Crippen molar-refractivity contribution in [3.8, 4) is 0 Å². The van der Waals surface area contributed by atoms with Crippen molar-refractivity contribution in [1.82, 2.24) is 4.90 Å². The zero-order valence-corrected chi connectivity index (χ0v) is 12.3. The number of hydrogen-bond donors (Lipinski definition) is 1. The summed E-state index contributed by atoms with van der Waals surface area (Å²) in [5, 5.41) is 2.65. The highest BCUT2D eigenvalue weighted by Gasteiger charge is 2.25. The van der Waals surface area contributed by atoms with Crippen molar-refractivity contribution in [2.75, 3.05) is 6.54 Å². The minimum absolute atomic E-state index is 0.260. The van der Waals surface area contributed by atoms with Crippen LogP contribution in [0.1, 0.15) is 31.7 Å². The van der Waals surface area contributed by atoms with Crippen LogP contribution in [0.3, 0.4) is 0 Å². The van der Waals surface area contributed by atoms with Crippen LogP contribution in [0, 0.1) is 0 Å². The van der Waals surface area contributed by atoms with Crippen LogP contribution in [-0.2, 0) is 6.54 Å². The van der Waals surface area contributed by atoms with Crippen molar-refractivity contribution < 1.29 is 0 Å². The molecule has 0 bridgehead atoms. The molecule has 2 N–H and O–H groups in total. The largest absolute Gasteiger partial charge is 0.327 e. The summed E-state index contributed by atoms with van der Waals surface area (Å²) in [6, 6.07) is 16.2. The van der Waals surface area contributed by atoms with Gasteiger partial charge in [0.25, 0.3) is 0 Å². The third-order valence-electron chi connectivity index (χ3n) is 4.47. The van der Waals surface area contributed by atoms with E-state index in [4.69, 9.17) is 5.73 Å². The minimum Gasteiger partial charge on any atom is -0.327 e. The van der Waals surface area contributed by atoms with Crippen LogP contribution >= 0.6 is 0 Å². The van der Waals surface area contributed by atoms with Crippen molar-refractivity contribution >= 4 is 10.8 Å². The van der Waals surface area contributed by atoms with E-state index in [0.717, 1.165) is 6.54 Å². The van der Waals surface area contributed by atoms with E-state index in [1.54, 1.807) is 0 Å². The zero-order chi connectivity index (χ0) is 13.9. The van der Waals surface area contributed by atoms with Crippen LogP contribution in [0.5, 0.6) is 0 Å². The van der Waals surface area contributed by atoms with Crippen molar-refractivity contribution in [3.05, 3.63) is 48.0 Å². The summed E-state index contributed by atoms with van der Waals surface area (Å²) in [5.74, 6) is 0. The molecular formula is C18H24N2. The molecule has 106 valence electrons. The van der Waals surface area contributed by atoms with Crippen molar-refractivity contribution in [1.29, 1.82) is 0 Å². The molecule has 1 fully saturated rings. The smallest absolute Gasteiger partial charge is 0.0248 e. The highest BCUT2D eigenvalue weighted by atomic mass is 15.2. The van der Waals surface area contributed by atoms with Gasteiger partial charge in [-0.05, 0) is 48.7 Å². The molecule has 2 aromatic carbocycles. The summed E-state index contributed by atoms with van der Waals surface area (Å²) in [7, 11) is 0. The van der Waals surface area contributed by atoms with Crippen LogP contribution in [0.25, 0.3) is 10.8 Å². The molecule has 0 amide bonds. The summed E-state index contributed by atoms with van der Waals surface area (Å²) in [4.78, 5) is 2.57. The van der Waals surface area contributed by atoms with Gasteiger partial charge in [0.1, 0.15) is 0 Å². The number of rotatable bonds is 3. The van der Waals surface area contributed by atoms with Gasteiger partial charge in [-0.15, -0.1) is 0 Å². The van der Waals surface area contributed by atoms with E-state index in [9.17, 15) is 0 Å². The number of nitrogens with two attached hydrogens (primary N) is 1. The third-order valence-corrected chi connectivity index (χ3v) is 4.47. The summed E-state index contributed by atoms with van der Waals surface area (Å²) < 4.78 is 0. The average Bonchev–Trinajstić information content (AvgIpc) is 2.47. The van der Waals surface area contributed by atoms with Gasteiger partial charge in [-0.25, -0.2) is 0 Å². The number of piperidine rings is 1. The SMILES string of the molecule is CC(N)C1CCCCN1Cc1ccc2ccccc2c1. The molecule has 1 aliphatic heterocycles. The molecule has 3 rings (SSSR count). The highest BCUT2D eigenvalue weighted by Crippen LogP contribution is 2.23. The monoisotopic (exact) mass is 268 g/mol. The number of likely N-dealkylation sites (tertiary alicyclic amines) is 1. The summed E-state index contributed by atoms with van der Waals surface area (Å²) >= 11 is 0. The third kappa shape index (κ3) is 2.87. The van der Waals surface area contributed by atoms with Crippen molar-refractivity contribution in [3.63, 3.8) is 0 Å². The fourth-order valence-corrected chi connectivity index (χ4v) is 3.38. The lowest BCUT2D eigenvalue weighted by Gasteiger charge is -2.38. The highest BCUT2D eigenvalue weighted by molar-refractivity contribution is 5.82. The Balaban J connectivity index is 1.80. The van der Waals surface area contributed by atoms with Crippen LogP contribution in [0.15, 0.2) is 42.5 Å². The number of hydrogen-bond acceptors (Lipinski definition) is 2. The molecule has 0 aromatic heterocycles. The molecular weight excluding hydrogens is 244 g/mol. The van der Waals surface area contributed by atoms with E-state index in [0.29, 0.717) is 6.04 Å². The Hall–Kier alpha value is -1.38. The van der Waals surface area contributed by atoms with Crippen molar-refractivity contribution in [2.45, 2.75) is 44.8 Å². The first kappa shape index (κ1) is 13.6. The molecule has 1 aliphatic rings. The first-order valence-electron chi connectivity index (χ1n) is 7.71. The number of nitrogens with zero attached hydrogens (tertiary/aromatic N) is 1. The van der Waals surface area contributed by atoms with E-state index in [1.807, 2.05) is 0 Å². The Morgan fingerprint density at radius 3 is 2.75 bits per heavy atom. The fourth-order valence-electron chi connectivity index (χ4n) is 3.38. The predicted octanol–water partition coefficient (Wildman–Crippen LogP) is 3.54. The van der Waals surface area contributed by atoms with E-state index >= 15 is 0 Å². The standard InChI is InChI=1S/C18H24N2/c1-14(19)18-8-4-5-11-20(18)13-15-9-10-16-6-2-3-7-17(16)12-15/h2-3,6-7,9-10,12,14,18H,4-5,8,11,13,19H2,1H3. The number of fused-ring (bicyclic) bond motifs is 1. The lowest BCUT2D eigenvalue weighted by molar-refractivity contribution is 0.123. The van der Waals surface area contributed by atoms with Crippen LogP contribution in [-0.4, -0.2) is 23.5 Å². The van der Waals surface area contributed by atoms with Gasteiger partial charge in [0.05, 0.1) is 0 Å². The fraction of sp³-hybridized carbons (Fsp3) is 0.444. The maximum Gasteiger partial charge on any atom is 0.0248 e. The molecule has 0 aliphatic carbocycles. The second-order valence-electron chi connectivity index (χ2n) is 6.07. The molecule has 2 nitrogen and oxygen atoms in total. The van der Waals surface area contributed by atoms with Gasteiger partial charge >= 0.3 is 0 Å². The van der Waals surface area contributed by atoms with Gasteiger partial charge in [0.2, 0.25) is 0 Å². The second-order valence-corrected chi connectivity index (χ2v) is 6.07. The molecule has 2 atom stereocenters. The van der Waals surface area contributed by atoms with Gasteiger partial charge in [-0.2, -0.15) is 0 Å². The topological polar surface area (TPSA) is 29.3 Å². The Morgan fingerprint density at radius 2 is 1.95 bits per heavy atom. The van der Waals surface area contributed by atoms with Gasteiger partial charge in [0.15, 0.2) is 0 Å². The maximum absolute atomic E-state index is 6.16. The quantitative estimate of drug-likeness (QED) is 0.922. The Bertz CT molecular complexity index is 576. The van der Waals surface area contributed by atoms with Crippen molar-refractivity contribution in [2.24, 2.45) is 5.73 Å².